The van der Waals surface area contributed by atoms with E-state index in [4.69, 9.17) is 5.11 Å². The van der Waals surface area contributed by atoms with Crippen LogP contribution in [0.1, 0.15) is 0 Å². The number of aromatic nitrogens is 4. The number of rotatable bonds is 3. The molecule has 0 aliphatic carbocycles. The molecule has 0 spiro atoms. The predicted molar refractivity (Wildman–Crippen MR) is 39.2 cm³/mol. The van der Waals surface area contributed by atoms with Crippen molar-refractivity contribution < 1.29 is 5.11 Å². The summed E-state index contributed by atoms with van der Waals surface area (Å²) in [6, 6.07) is 0. The molecule has 62 valence electrons. The Morgan fingerprint density at radius 1 is 1.64 bits per heavy atom. The maximum Gasteiger partial charge on any atom is 0.245 e. The summed E-state index contributed by atoms with van der Waals surface area (Å²) in [6.07, 6.45) is 0. The normalized spacial score (nSPS) is 10.1. The van der Waals surface area contributed by atoms with Crippen LogP contribution in [0.4, 0.5) is 5.95 Å². The first-order chi connectivity index (χ1) is 5.25. The average Bonchev–Trinajstić information content (AvgIpc) is 2.36. The van der Waals surface area contributed by atoms with Crippen molar-refractivity contribution in [1.82, 2.24) is 20.2 Å². The van der Waals surface area contributed by atoms with Gasteiger partial charge in [-0.15, -0.1) is 0 Å². The lowest BCUT2D eigenvalue weighted by Gasteiger charge is -2.13. The second-order valence-corrected chi connectivity index (χ2v) is 2.25. The van der Waals surface area contributed by atoms with Crippen LogP contribution in [0.25, 0.3) is 0 Å². The Kier molecular flexibility index (Phi) is 2.37. The molecule has 0 radical (unpaired) electrons. The number of anilines is 1. The highest BCUT2D eigenvalue weighted by Crippen LogP contribution is 2.01. The van der Waals surface area contributed by atoms with Gasteiger partial charge in [-0.1, -0.05) is 5.10 Å². The van der Waals surface area contributed by atoms with Gasteiger partial charge in [0.15, 0.2) is 0 Å². The molecule has 0 aliphatic heterocycles. The lowest BCUT2D eigenvalue weighted by molar-refractivity contribution is 0.303. The van der Waals surface area contributed by atoms with E-state index in [-0.39, 0.29) is 6.61 Å². The van der Waals surface area contributed by atoms with Gasteiger partial charge in [0.2, 0.25) is 5.95 Å². The van der Waals surface area contributed by atoms with Gasteiger partial charge in [-0.25, -0.2) is 4.68 Å². The summed E-state index contributed by atoms with van der Waals surface area (Å²) in [4.78, 5) is 1.78. The lowest BCUT2D eigenvalue weighted by Crippen LogP contribution is -2.24. The molecule has 0 saturated heterocycles. The molecular formula is C5H11N5O. The van der Waals surface area contributed by atoms with Crippen molar-refractivity contribution in [3.63, 3.8) is 0 Å². The summed E-state index contributed by atoms with van der Waals surface area (Å²) in [5.41, 5.74) is 0. The quantitative estimate of drug-likeness (QED) is 0.587. The molecule has 0 unspecified atom stereocenters. The summed E-state index contributed by atoms with van der Waals surface area (Å²) >= 11 is 0. The maximum absolute atomic E-state index is 8.61. The fourth-order valence-electron chi connectivity index (χ4n) is 0.798. The predicted octanol–water partition coefficient (Wildman–Crippen LogP) is -1.36. The third-order valence-corrected chi connectivity index (χ3v) is 1.37. The molecule has 0 amide bonds. The zero-order chi connectivity index (χ0) is 8.27. The molecule has 1 aromatic rings. The Hall–Kier alpha value is -1.17. The fraction of sp³-hybridized carbons (Fsp3) is 0.800. The Balaban J connectivity index is 2.67. The number of hydrogen-bond donors (Lipinski definition) is 1. The molecule has 6 nitrogen and oxygen atoms in total. The smallest absolute Gasteiger partial charge is 0.245 e. The molecule has 0 bridgehead atoms. The van der Waals surface area contributed by atoms with Crippen LogP contribution in [0.5, 0.6) is 0 Å². The van der Waals surface area contributed by atoms with Crippen molar-refractivity contribution in [3.05, 3.63) is 0 Å². The summed E-state index contributed by atoms with van der Waals surface area (Å²) in [5.74, 6) is 0.652. The summed E-state index contributed by atoms with van der Waals surface area (Å²) < 4.78 is 1.55. The number of aryl methyl sites for hydroxylation is 1. The van der Waals surface area contributed by atoms with E-state index in [9.17, 15) is 0 Å². The SMILES string of the molecule is CN(CCO)c1nnnn1C. The summed E-state index contributed by atoms with van der Waals surface area (Å²) in [6.45, 7) is 0.636. The highest BCUT2D eigenvalue weighted by Gasteiger charge is 2.05. The van der Waals surface area contributed by atoms with Crippen LogP contribution in [0.15, 0.2) is 0 Å². The summed E-state index contributed by atoms with van der Waals surface area (Å²) in [5, 5.41) is 19.5. The van der Waals surface area contributed by atoms with Gasteiger partial charge in [0.1, 0.15) is 0 Å². The van der Waals surface area contributed by atoms with Gasteiger partial charge in [0.25, 0.3) is 0 Å². The van der Waals surface area contributed by atoms with E-state index in [0.29, 0.717) is 12.5 Å². The van der Waals surface area contributed by atoms with Crippen LogP contribution in [-0.2, 0) is 7.05 Å². The van der Waals surface area contributed by atoms with E-state index < -0.39 is 0 Å². The van der Waals surface area contributed by atoms with E-state index in [1.54, 1.807) is 16.6 Å². The average molecular weight is 157 g/mol. The van der Waals surface area contributed by atoms with Crippen molar-refractivity contribution in [1.29, 1.82) is 0 Å². The highest BCUT2D eigenvalue weighted by atomic mass is 16.3. The molecule has 1 heterocycles. The monoisotopic (exact) mass is 157 g/mol. The number of hydrogen-bond acceptors (Lipinski definition) is 5. The van der Waals surface area contributed by atoms with Gasteiger partial charge in [-0.05, 0) is 10.4 Å². The minimum Gasteiger partial charge on any atom is -0.395 e. The number of tetrazole rings is 1. The molecule has 0 saturated carbocycles. The molecule has 0 aromatic carbocycles. The van der Waals surface area contributed by atoms with Crippen LogP contribution < -0.4 is 4.90 Å². The molecule has 1 aromatic heterocycles. The lowest BCUT2D eigenvalue weighted by atomic mass is 10.6. The van der Waals surface area contributed by atoms with E-state index in [0.717, 1.165) is 0 Å². The molecule has 1 rings (SSSR count). The van der Waals surface area contributed by atoms with Gasteiger partial charge in [-0.3, -0.25) is 0 Å². The van der Waals surface area contributed by atoms with Gasteiger partial charge in [0, 0.05) is 20.6 Å². The topological polar surface area (TPSA) is 67.1 Å². The van der Waals surface area contributed by atoms with Crippen LogP contribution in [0, 0.1) is 0 Å². The van der Waals surface area contributed by atoms with E-state index in [1.165, 1.54) is 0 Å². The molecule has 1 N–H and O–H groups in total. The van der Waals surface area contributed by atoms with Crippen molar-refractivity contribution in [2.75, 3.05) is 25.1 Å². The summed E-state index contributed by atoms with van der Waals surface area (Å²) in [7, 11) is 3.57. The zero-order valence-corrected chi connectivity index (χ0v) is 6.60. The van der Waals surface area contributed by atoms with Gasteiger partial charge < -0.3 is 10.0 Å². The highest BCUT2D eigenvalue weighted by molar-refractivity contribution is 5.25. The molecule has 11 heavy (non-hydrogen) atoms. The zero-order valence-electron chi connectivity index (χ0n) is 6.60. The first kappa shape index (κ1) is 7.93. The Morgan fingerprint density at radius 2 is 2.36 bits per heavy atom. The molecule has 0 atom stereocenters. The third-order valence-electron chi connectivity index (χ3n) is 1.37. The molecule has 0 fully saturated rings. The first-order valence-corrected chi connectivity index (χ1v) is 3.30. The Bertz CT molecular complexity index is 222. The van der Waals surface area contributed by atoms with Crippen molar-refractivity contribution in [2.24, 2.45) is 7.05 Å². The van der Waals surface area contributed by atoms with Crippen molar-refractivity contribution >= 4 is 5.95 Å². The minimum absolute atomic E-state index is 0.101. The van der Waals surface area contributed by atoms with Gasteiger partial charge in [-0.2, -0.15) is 0 Å². The number of nitrogens with zero attached hydrogens (tertiary/aromatic N) is 5. The van der Waals surface area contributed by atoms with Crippen LogP contribution in [0.2, 0.25) is 0 Å². The fourth-order valence-corrected chi connectivity index (χ4v) is 0.798. The Labute approximate surface area is 64.4 Å². The Morgan fingerprint density at radius 3 is 2.82 bits per heavy atom. The van der Waals surface area contributed by atoms with Crippen molar-refractivity contribution in [3.8, 4) is 0 Å². The third kappa shape index (κ3) is 1.64. The maximum atomic E-state index is 8.61. The van der Waals surface area contributed by atoms with Gasteiger partial charge in [0.05, 0.1) is 6.61 Å². The first-order valence-electron chi connectivity index (χ1n) is 3.30. The van der Waals surface area contributed by atoms with Crippen LogP contribution in [-0.4, -0.2) is 45.5 Å². The van der Waals surface area contributed by atoms with Crippen molar-refractivity contribution in [2.45, 2.75) is 0 Å². The van der Waals surface area contributed by atoms with E-state index >= 15 is 0 Å². The van der Waals surface area contributed by atoms with Crippen LogP contribution >= 0.6 is 0 Å². The second kappa shape index (κ2) is 3.29. The van der Waals surface area contributed by atoms with E-state index in [1.807, 2.05) is 7.05 Å². The van der Waals surface area contributed by atoms with Crippen LogP contribution in [0.3, 0.4) is 0 Å². The molecular weight excluding hydrogens is 146 g/mol. The van der Waals surface area contributed by atoms with Gasteiger partial charge >= 0.3 is 0 Å². The number of aliphatic hydroxyl groups excluding tert-OH is 1. The number of aliphatic hydroxyl groups is 1. The second-order valence-electron chi connectivity index (χ2n) is 2.25. The largest absolute Gasteiger partial charge is 0.395 e. The standard InChI is InChI=1S/C5H11N5O/c1-9(3-4-11)5-6-7-8-10(5)2/h11H,3-4H2,1-2H3. The number of likely N-dealkylation sites (N-methyl/N-ethyl adjacent to an activating group) is 1. The molecule has 0 aliphatic rings. The van der Waals surface area contributed by atoms with E-state index in [2.05, 4.69) is 15.5 Å². The minimum atomic E-state index is 0.101. The molecule has 6 heteroatoms.